The SMILES string of the molecule is CCc1ccccc1NC(=O)[C@@H](CCSC)NC(=O)c1cccc([N+](=O)[O-])c1. The molecule has 0 heterocycles. The number of amides is 2. The van der Waals surface area contributed by atoms with Crippen molar-refractivity contribution in [3.05, 3.63) is 69.8 Å². The fraction of sp³-hybridized carbons (Fsp3) is 0.300. The number of para-hydroxylation sites is 1. The van der Waals surface area contributed by atoms with Gasteiger partial charge in [-0.15, -0.1) is 0 Å². The van der Waals surface area contributed by atoms with Crippen LogP contribution in [0.25, 0.3) is 0 Å². The Morgan fingerprint density at radius 2 is 1.93 bits per heavy atom. The summed E-state index contributed by atoms with van der Waals surface area (Å²) in [5, 5.41) is 16.5. The van der Waals surface area contributed by atoms with Gasteiger partial charge in [-0.2, -0.15) is 11.8 Å². The highest BCUT2D eigenvalue weighted by Crippen LogP contribution is 2.17. The molecule has 1 atom stereocenters. The molecule has 0 radical (unpaired) electrons. The fourth-order valence-corrected chi connectivity index (χ4v) is 3.15. The second-order valence-corrected chi connectivity index (χ2v) is 7.10. The summed E-state index contributed by atoms with van der Waals surface area (Å²) in [5.74, 6) is -0.148. The van der Waals surface area contributed by atoms with Gasteiger partial charge in [0.2, 0.25) is 5.91 Å². The van der Waals surface area contributed by atoms with Crippen LogP contribution in [0.2, 0.25) is 0 Å². The van der Waals surface area contributed by atoms with Crippen LogP contribution in [0.15, 0.2) is 48.5 Å². The van der Waals surface area contributed by atoms with E-state index in [4.69, 9.17) is 0 Å². The molecule has 0 saturated heterocycles. The van der Waals surface area contributed by atoms with Crippen LogP contribution in [-0.2, 0) is 11.2 Å². The summed E-state index contributed by atoms with van der Waals surface area (Å²) in [6, 6.07) is 12.2. The maximum atomic E-state index is 12.8. The number of hydrogen-bond donors (Lipinski definition) is 2. The summed E-state index contributed by atoms with van der Waals surface area (Å²) in [6.07, 6.45) is 3.14. The minimum atomic E-state index is -0.746. The Kier molecular flexibility index (Phi) is 8.01. The molecule has 2 rings (SSSR count). The van der Waals surface area contributed by atoms with Gasteiger partial charge in [-0.25, -0.2) is 0 Å². The first kappa shape index (κ1) is 21.4. The number of thioether (sulfide) groups is 1. The van der Waals surface area contributed by atoms with Gasteiger partial charge in [-0.3, -0.25) is 19.7 Å². The van der Waals surface area contributed by atoms with E-state index < -0.39 is 16.9 Å². The highest BCUT2D eigenvalue weighted by atomic mass is 32.2. The van der Waals surface area contributed by atoms with Crippen molar-refractivity contribution in [1.29, 1.82) is 0 Å². The molecule has 8 heteroatoms. The Balaban J connectivity index is 2.16. The average Bonchev–Trinajstić information content (AvgIpc) is 2.71. The molecule has 28 heavy (non-hydrogen) atoms. The van der Waals surface area contributed by atoms with Crippen molar-refractivity contribution in [2.45, 2.75) is 25.8 Å². The number of carbonyl (C=O) groups is 2. The van der Waals surface area contributed by atoms with E-state index in [-0.39, 0.29) is 17.2 Å². The van der Waals surface area contributed by atoms with Crippen LogP contribution >= 0.6 is 11.8 Å². The number of nitrogens with zero attached hydrogens (tertiary/aromatic N) is 1. The molecule has 0 saturated carbocycles. The van der Waals surface area contributed by atoms with Crippen molar-refractivity contribution in [2.75, 3.05) is 17.3 Å². The number of nitro benzene ring substituents is 1. The molecule has 2 amide bonds. The number of nitrogens with one attached hydrogen (secondary N) is 2. The van der Waals surface area contributed by atoms with E-state index in [1.54, 1.807) is 11.8 Å². The minimum absolute atomic E-state index is 0.144. The van der Waals surface area contributed by atoms with Crippen molar-refractivity contribution >= 4 is 35.0 Å². The van der Waals surface area contributed by atoms with Gasteiger partial charge < -0.3 is 10.6 Å². The molecule has 0 aliphatic rings. The van der Waals surface area contributed by atoms with Crippen LogP contribution in [0.3, 0.4) is 0 Å². The van der Waals surface area contributed by atoms with Gasteiger partial charge in [0.05, 0.1) is 4.92 Å². The van der Waals surface area contributed by atoms with Crippen molar-refractivity contribution in [3.8, 4) is 0 Å². The predicted octanol–water partition coefficient (Wildman–Crippen LogP) is 3.65. The molecule has 0 aliphatic carbocycles. The fourth-order valence-electron chi connectivity index (χ4n) is 2.68. The van der Waals surface area contributed by atoms with Crippen LogP contribution < -0.4 is 10.6 Å². The molecule has 0 aliphatic heterocycles. The first-order valence-electron chi connectivity index (χ1n) is 8.89. The monoisotopic (exact) mass is 401 g/mol. The molecule has 2 N–H and O–H groups in total. The number of anilines is 1. The molecule has 0 spiro atoms. The minimum Gasteiger partial charge on any atom is -0.340 e. The van der Waals surface area contributed by atoms with Gasteiger partial charge in [-0.1, -0.05) is 31.2 Å². The lowest BCUT2D eigenvalue weighted by Gasteiger charge is -2.19. The first-order chi connectivity index (χ1) is 13.5. The zero-order valence-corrected chi connectivity index (χ0v) is 16.6. The second-order valence-electron chi connectivity index (χ2n) is 6.11. The van der Waals surface area contributed by atoms with Crippen LogP contribution in [0.4, 0.5) is 11.4 Å². The molecular weight excluding hydrogens is 378 g/mol. The number of hydrogen-bond acceptors (Lipinski definition) is 5. The standard InChI is InChI=1S/C20H23N3O4S/c1-3-14-7-4-5-10-17(14)21-20(25)18(11-12-28-2)22-19(24)15-8-6-9-16(13-15)23(26)27/h4-10,13,18H,3,11-12H2,1-2H3,(H,21,25)(H,22,24)/t18-/m1/s1. The number of non-ortho nitro benzene ring substituents is 1. The van der Waals surface area contributed by atoms with Gasteiger partial charge in [-0.05, 0) is 42.5 Å². The van der Waals surface area contributed by atoms with E-state index in [1.807, 2.05) is 37.4 Å². The van der Waals surface area contributed by atoms with E-state index in [1.165, 1.54) is 24.3 Å². The average molecular weight is 401 g/mol. The number of aryl methyl sites for hydroxylation is 1. The van der Waals surface area contributed by atoms with Crippen molar-refractivity contribution < 1.29 is 14.5 Å². The summed E-state index contributed by atoms with van der Waals surface area (Å²) in [6.45, 7) is 2.00. The summed E-state index contributed by atoms with van der Waals surface area (Å²) in [4.78, 5) is 35.7. The molecule has 2 aromatic carbocycles. The lowest BCUT2D eigenvalue weighted by Crippen LogP contribution is -2.44. The van der Waals surface area contributed by atoms with Gasteiger partial charge in [0.1, 0.15) is 6.04 Å². The molecule has 2 aromatic rings. The Morgan fingerprint density at radius 1 is 1.18 bits per heavy atom. The van der Waals surface area contributed by atoms with Crippen LogP contribution in [0.5, 0.6) is 0 Å². The smallest absolute Gasteiger partial charge is 0.270 e. The van der Waals surface area contributed by atoms with E-state index in [9.17, 15) is 19.7 Å². The lowest BCUT2D eigenvalue weighted by atomic mass is 10.1. The summed E-state index contributed by atoms with van der Waals surface area (Å²) in [7, 11) is 0. The Hall–Kier alpha value is -2.87. The van der Waals surface area contributed by atoms with Crippen molar-refractivity contribution in [2.24, 2.45) is 0 Å². The van der Waals surface area contributed by atoms with E-state index in [0.717, 1.165) is 12.0 Å². The van der Waals surface area contributed by atoms with Crippen molar-refractivity contribution in [3.63, 3.8) is 0 Å². The third kappa shape index (κ3) is 5.82. The Bertz CT molecular complexity index is 857. The van der Waals surface area contributed by atoms with E-state index in [2.05, 4.69) is 10.6 Å². The lowest BCUT2D eigenvalue weighted by molar-refractivity contribution is -0.384. The number of carbonyl (C=O) groups excluding carboxylic acids is 2. The molecular formula is C20H23N3O4S. The zero-order valence-electron chi connectivity index (χ0n) is 15.8. The Morgan fingerprint density at radius 3 is 2.61 bits per heavy atom. The molecule has 0 fully saturated rings. The van der Waals surface area contributed by atoms with Gasteiger partial charge in [0.25, 0.3) is 11.6 Å². The molecule has 7 nitrogen and oxygen atoms in total. The van der Waals surface area contributed by atoms with Crippen LogP contribution in [-0.4, -0.2) is 34.8 Å². The van der Waals surface area contributed by atoms with E-state index in [0.29, 0.717) is 17.9 Å². The number of nitro groups is 1. The maximum absolute atomic E-state index is 12.8. The van der Waals surface area contributed by atoms with Gasteiger partial charge in [0, 0.05) is 23.4 Å². The number of rotatable bonds is 9. The van der Waals surface area contributed by atoms with Crippen LogP contribution in [0.1, 0.15) is 29.3 Å². The topological polar surface area (TPSA) is 101 Å². The molecule has 0 unspecified atom stereocenters. The molecule has 0 aromatic heterocycles. The zero-order chi connectivity index (χ0) is 20.5. The second kappa shape index (κ2) is 10.5. The van der Waals surface area contributed by atoms with Gasteiger partial charge in [0.15, 0.2) is 0 Å². The summed E-state index contributed by atoms with van der Waals surface area (Å²) >= 11 is 1.57. The van der Waals surface area contributed by atoms with Gasteiger partial charge >= 0.3 is 0 Å². The molecule has 0 bridgehead atoms. The van der Waals surface area contributed by atoms with Crippen molar-refractivity contribution in [1.82, 2.24) is 5.32 Å². The maximum Gasteiger partial charge on any atom is 0.270 e. The highest BCUT2D eigenvalue weighted by Gasteiger charge is 2.22. The first-order valence-corrected chi connectivity index (χ1v) is 10.3. The molecule has 148 valence electrons. The van der Waals surface area contributed by atoms with Crippen LogP contribution in [0, 0.1) is 10.1 Å². The summed E-state index contributed by atoms with van der Waals surface area (Å²) in [5.41, 5.74) is 1.69. The predicted molar refractivity (Wildman–Crippen MR) is 112 cm³/mol. The third-order valence-electron chi connectivity index (χ3n) is 4.21. The highest BCUT2D eigenvalue weighted by molar-refractivity contribution is 7.98. The summed E-state index contributed by atoms with van der Waals surface area (Å²) < 4.78 is 0. The quantitative estimate of drug-likeness (QED) is 0.493. The normalized spacial score (nSPS) is 11.5. The van der Waals surface area contributed by atoms with E-state index >= 15 is 0 Å². The Labute approximate surface area is 168 Å². The third-order valence-corrected chi connectivity index (χ3v) is 4.85. The number of benzene rings is 2. The largest absolute Gasteiger partial charge is 0.340 e.